The number of carbonyl (C=O) groups excluding carboxylic acids is 3. The lowest BCUT2D eigenvalue weighted by molar-refractivity contribution is -0.301. The van der Waals surface area contributed by atoms with Crippen LogP contribution in [0.15, 0.2) is 24.3 Å². The van der Waals surface area contributed by atoms with Crippen molar-refractivity contribution in [1.82, 2.24) is 0 Å². The number of esters is 3. The van der Waals surface area contributed by atoms with E-state index in [1.165, 1.54) is 167 Å². The summed E-state index contributed by atoms with van der Waals surface area (Å²) in [4.78, 5) is 51.3. The molecule has 6 unspecified atom stereocenters. The number of allylic oxidation sites excluding steroid dienone is 4. The fourth-order valence-electron chi connectivity index (χ4n) is 10.0. The van der Waals surface area contributed by atoms with Gasteiger partial charge in [0.25, 0.3) is 0 Å². The highest BCUT2D eigenvalue weighted by Crippen LogP contribution is 2.27. The van der Waals surface area contributed by atoms with Gasteiger partial charge in [-0.3, -0.25) is 14.4 Å². The van der Waals surface area contributed by atoms with Crippen LogP contribution in [-0.2, 0) is 42.9 Å². The van der Waals surface area contributed by atoms with Crippen molar-refractivity contribution in [3.05, 3.63) is 24.3 Å². The molecule has 0 aliphatic carbocycles. The normalized spacial score (nSPS) is 18.1. The number of carboxylic acids is 1. The van der Waals surface area contributed by atoms with Crippen molar-refractivity contribution in [3.8, 4) is 0 Å². The lowest BCUT2D eigenvalue weighted by Crippen LogP contribution is -2.61. The van der Waals surface area contributed by atoms with E-state index in [-0.39, 0.29) is 25.9 Å². The largest absolute Gasteiger partial charge is 0.479 e. The number of hydrogen-bond acceptors (Lipinski definition) is 11. The van der Waals surface area contributed by atoms with Crippen molar-refractivity contribution < 1.29 is 58.2 Å². The highest BCUT2D eigenvalue weighted by molar-refractivity contribution is 5.74. The van der Waals surface area contributed by atoms with Crippen molar-refractivity contribution in [3.63, 3.8) is 0 Å². The van der Waals surface area contributed by atoms with E-state index < -0.39 is 67.3 Å². The summed E-state index contributed by atoms with van der Waals surface area (Å²) in [5.74, 6) is -3.09. The van der Waals surface area contributed by atoms with Crippen LogP contribution in [0.5, 0.6) is 0 Å². The lowest BCUT2D eigenvalue weighted by Gasteiger charge is -2.40. The molecule has 0 spiro atoms. The van der Waals surface area contributed by atoms with Gasteiger partial charge in [-0.2, -0.15) is 0 Å². The minimum Gasteiger partial charge on any atom is -0.479 e. The second-order valence-electron chi connectivity index (χ2n) is 22.4. The van der Waals surface area contributed by atoms with E-state index in [1.807, 2.05) is 0 Å². The number of carbonyl (C=O) groups is 4. The Morgan fingerprint density at radius 2 is 0.779 bits per heavy atom. The Bertz CT molecular complexity index is 1430. The maximum Gasteiger partial charge on any atom is 0.335 e. The highest BCUT2D eigenvalue weighted by Gasteiger charge is 2.50. The number of rotatable bonds is 56. The van der Waals surface area contributed by atoms with Gasteiger partial charge in [-0.15, -0.1) is 0 Å². The number of aliphatic hydroxyl groups is 2. The Kier molecular flexibility index (Phi) is 50.5. The molecule has 450 valence electrons. The van der Waals surface area contributed by atoms with E-state index in [0.29, 0.717) is 19.3 Å². The van der Waals surface area contributed by atoms with Crippen LogP contribution in [0.4, 0.5) is 0 Å². The van der Waals surface area contributed by atoms with Gasteiger partial charge in [-0.1, -0.05) is 270 Å². The van der Waals surface area contributed by atoms with Gasteiger partial charge in [0.15, 0.2) is 24.6 Å². The summed E-state index contributed by atoms with van der Waals surface area (Å²) >= 11 is 0. The summed E-state index contributed by atoms with van der Waals surface area (Å²) in [7, 11) is 0. The molecular weight excluding hydrogens is 973 g/mol. The molecule has 0 amide bonds. The molecule has 6 atom stereocenters. The molecule has 1 fully saturated rings. The smallest absolute Gasteiger partial charge is 0.335 e. The third-order valence-electron chi connectivity index (χ3n) is 15.0. The van der Waals surface area contributed by atoms with E-state index in [2.05, 4.69) is 45.1 Å². The lowest BCUT2D eigenvalue weighted by atomic mass is 9.98. The van der Waals surface area contributed by atoms with Crippen LogP contribution in [0, 0.1) is 0 Å². The van der Waals surface area contributed by atoms with Gasteiger partial charge in [0.2, 0.25) is 0 Å². The summed E-state index contributed by atoms with van der Waals surface area (Å²) < 4.78 is 28.5. The summed E-state index contributed by atoms with van der Waals surface area (Å²) in [5.41, 5.74) is 0. The Labute approximate surface area is 470 Å². The predicted octanol–water partition coefficient (Wildman–Crippen LogP) is 17.0. The monoisotopic (exact) mass is 1090 g/mol. The van der Waals surface area contributed by atoms with E-state index >= 15 is 0 Å². The minimum absolute atomic E-state index is 0.0566. The van der Waals surface area contributed by atoms with Crippen molar-refractivity contribution >= 4 is 23.9 Å². The van der Waals surface area contributed by atoms with Gasteiger partial charge in [0, 0.05) is 19.3 Å². The molecule has 1 heterocycles. The molecule has 0 aromatic carbocycles. The average molecular weight is 1090 g/mol. The van der Waals surface area contributed by atoms with Crippen LogP contribution in [0.25, 0.3) is 0 Å². The Morgan fingerprint density at radius 3 is 1.19 bits per heavy atom. The molecule has 77 heavy (non-hydrogen) atoms. The van der Waals surface area contributed by atoms with Crippen molar-refractivity contribution in [1.29, 1.82) is 0 Å². The summed E-state index contributed by atoms with van der Waals surface area (Å²) in [5, 5.41) is 31.6. The second kappa shape index (κ2) is 53.8. The molecule has 0 aromatic rings. The standard InChI is InChI=1S/C65H118O12/c1-4-7-10-13-16-19-22-25-28-29-32-35-38-41-44-47-50-53-59(68)76-63-61(70)60(69)62(64(71)72)77-65(63)74-55-56(75-58(67)52-49-46-43-40-37-34-31-27-24-21-18-15-12-9-6-3)54-73-57(66)51-48-45-42-39-36-33-30-26-23-20-17-14-11-8-5-2/h16,19,25,28,56,60-63,65,69-70H,4-15,17-18,20-24,26-27,29-55H2,1-3H3,(H,71,72)/b19-16-,28-25-. The first-order valence-corrected chi connectivity index (χ1v) is 32.3. The first kappa shape index (κ1) is 72.2. The first-order valence-electron chi connectivity index (χ1n) is 32.3. The first-order chi connectivity index (χ1) is 37.6. The van der Waals surface area contributed by atoms with Crippen molar-refractivity contribution in [2.75, 3.05) is 13.2 Å². The number of aliphatic hydroxyl groups excluding tert-OH is 2. The van der Waals surface area contributed by atoms with Gasteiger partial charge >= 0.3 is 23.9 Å². The van der Waals surface area contributed by atoms with Crippen LogP contribution >= 0.6 is 0 Å². The zero-order chi connectivity index (χ0) is 56.1. The summed E-state index contributed by atoms with van der Waals surface area (Å²) in [6.45, 7) is 6.02. The van der Waals surface area contributed by atoms with E-state index in [0.717, 1.165) is 89.9 Å². The predicted molar refractivity (Wildman–Crippen MR) is 313 cm³/mol. The van der Waals surface area contributed by atoms with Gasteiger partial charge in [0.1, 0.15) is 18.8 Å². The third kappa shape index (κ3) is 43.7. The molecule has 12 nitrogen and oxygen atoms in total. The number of hydrogen-bond donors (Lipinski definition) is 3. The molecule has 1 saturated heterocycles. The van der Waals surface area contributed by atoms with E-state index in [1.54, 1.807) is 0 Å². The molecule has 0 radical (unpaired) electrons. The second-order valence-corrected chi connectivity index (χ2v) is 22.4. The maximum atomic E-state index is 13.2. The molecule has 0 aromatic heterocycles. The Morgan fingerprint density at radius 1 is 0.429 bits per heavy atom. The topological polar surface area (TPSA) is 175 Å². The Hall–Kier alpha value is -2.80. The van der Waals surface area contributed by atoms with Crippen LogP contribution < -0.4 is 0 Å². The number of carboxylic acid groups (broad SMARTS) is 1. The van der Waals surface area contributed by atoms with Gasteiger partial charge in [-0.05, 0) is 51.4 Å². The van der Waals surface area contributed by atoms with Crippen LogP contribution in [0.2, 0.25) is 0 Å². The van der Waals surface area contributed by atoms with E-state index in [9.17, 15) is 34.5 Å². The Balaban J connectivity index is 2.65. The number of ether oxygens (including phenoxy) is 5. The van der Waals surface area contributed by atoms with Gasteiger partial charge in [-0.25, -0.2) is 4.79 Å². The molecule has 1 aliphatic heterocycles. The van der Waals surface area contributed by atoms with Crippen molar-refractivity contribution in [2.45, 2.75) is 353 Å². The van der Waals surface area contributed by atoms with Crippen LogP contribution in [-0.4, -0.2) is 89.2 Å². The van der Waals surface area contributed by atoms with Gasteiger partial charge < -0.3 is 39.0 Å². The molecule has 12 heteroatoms. The number of unbranched alkanes of at least 4 members (excludes halogenated alkanes) is 38. The maximum absolute atomic E-state index is 13.2. The number of aliphatic carboxylic acids is 1. The fraction of sp³-hybridized carbons (Fsp3) is 0.877. The summed E-state index contributed by atoms with van der Waals surface area (Å²) in [6.07, 6.45) is 49.9. The van der Waals surface area contributed by atoms with E-state index in [4.69, 9.17) is 23.7 Å². The van der Waals surface area contributed by atoms with Crippen LogP contribution in [0.1, 0.15) is 316 Å². The molecule has 0 saturated carbocycles. The quantitative estimate of drug-likeness (QED) is 0.0228. The van der Waals surface area contributed by atoms with Crippen molar-refractivity contribution in [2.24, 2.45) is 0 Å². The SMILES string of the molecule is CCCCC/C=C\C/C=C\CCCCCCCCCC(=O)OC1C(OCC(COC(=O)CCCCCCCCCCCCCCCCC)OC(=O)CCCCCCCCCCCCCCCCC)OC(C(=O)O)C(O)C1O. The van der Waals surface area contributed by atoms with Gasteiger partial charge in [0.05, 0.1) is 6.61 Å². The molecule has 3 N–H and O–H groups in total. The molecule has 1 rings (SSSR count). The third-order valence-corrected chi connectivity index (χ3v) is 15.0. The summed E-state index contributed by atoms with van der Waals surface area (Å²) in [6, 6.07) is 0. The highest BCUT2D eigenvalue weighted by atomic mass is 16.7. The van der Waals surface area contributed by atoms with Crippen LogP contribution in [0.3, 0.4) is 0 Å². The molecule has 1 aliphatic rings. The molecular formula is C65H118O12. The zero-order valence-corrected chi connectivity index (χ0v) is 49.7. The molecule has 0 bridgehead atoms. The average Bonchev–Trinajstić information content (AvgIpc) is 3.43. The fourth-order valence-corrected chi connectivity index (χ4v) is 10.0. The zero-order valence-electron chi connectivity index (χ0n) is 49.7. The minimum atomic E-state index is -1.90.